The first kappa shape index (κ1) is 21.2. The van der Waals surface area contributed by atoms with E-state index in [0.29, 0.717) is 19.3 Å². The van der Waals surface area contributed by atoms with E-state index in [4.69, 9.17) is 14.2 Å². The molecule has 0 radical (unpaired) electrons. The van der Waals surface area contributed by atoms with Crippen LogP contribution in [-0.4, -0.2) is 36.2 Å². The molecule has 1 heterocycles. The fourth-order valence-electron chi connectivity index (χ4n) is 2.83. The molecule has 0 aromatic rings. The van der Waals surface area contributed by atoms with E-state index >= 15 is 0 Å². The normalized spacial score (nSPS) is 28.6. The number of hydrogen-bond donors (Lipinski definition) is 0. The Hall–Kier alpha value is -1.85. The van der Waals surface area contributed by atoms with Crippen molar-refractivity contribution >= 4 is 17.9 Å². The van der Waals surface area contributed by atoms with E-state index in [9.17, 15) is 14.4 Å². The van der Waals surface area contributed by atoms with Gasteiger partial charge in [-0.3, -0.25) is 14.4 Å². The molecule has 0 bridgehead atoms. The molecule has 1 aliphatic heterocycles. The molecule has 4 atom stereocenters. The summed E-state index contributed by atoms with van der Waals surface area (Å²) in [6.07, 6.45) is 6.79. The van der Waals surface area contributed by atoms with Gasteiger partial charge in [-0.1, -0.05) is 25.8 Å². The van der Waals surface area contributed by atoms with E-state index in [2.05, 4.69) is 6.92 Å². The average molecular weight is 354 g/mol. The van der Waals surface area contributed by atoms with Gasteiger partial charge in [-0.15, -0.1) is 0 Å². The third-order valence-corrected chi connectivity index (χ3v) is 4.20. The Morgan fingerprint density at radius 1 is 1.20 bits per heavy atom. The molecule has 25 heavy (non-hydrogen) atoms. The van der Waals surface area contributed by atoms with Crippen LogP contribution in [0.3, 0.4) is 0 Å². The van der Waals surface area contributed by atoms with Crippen LogP contribution in [0.4, 0.5) is 0 Å². The third kappa shape index (κ3) is 7.71. The first-order chi connectivity index (χ1) is 11.8. The molecule has 1 aliphatic rings. The van der Waals surface area contributed by atoms with Crippen LogP contribution in [0.15, 0.2) is 12.2 Å². The minimum absolute atomic E-state index is 0.381. The van der Waals surface area contributed by atoms with Crippen LogP contribution < -0.4 is 0 Å². The Balaban J connectivity index is 2.95. The number of carbonyl (C=O) groups excluding carboxylic acids is 3. The number of hydrogen-bond acceptors (Lipinski definition) is 6. The second-order valence-electron chi connectivity index (χ2n) is 6.49. The van der Waals surface area contributed by atoms with E-state index < -0.39 is 36.2 Å². The maximum Gasteiger partial charge on any atom is 0.313 e. The van der Waals surface area contributed by atoms with Crippen LogP contribution >= 0.6 is 0 Å². The van der Waals surface area contributed by atoms with E-state index in [1.54, 1.807) is 13.0 Å². The third-order valence-electron chi connectivity index (χ3n) is 4.20. The zero-order valence-electron chi connectivity index (χ0n) is 15.7. The summed E-state index contributed by atoms with van der Waals surface area (Å²) in [6, 6.07) is 0. The Kier molecular flexibility index (Phi) is 9.24. The number of unbranched alkanes of at least 4 members (excludes halogenated alkanes) is 2. The van der Waals surface area contributed by atoms with Crippen molar-refractivity contribution in [1.82, 2.24) is 0 Å². The highest BCUT2D eigenvalue weighted by atomic mass is 16.6. The molecule has 0 saturated heterocycles. The molecule has 6 nitrogen and oxygen atoms in total. The van der Waals surface area contributed by atoms with Gasteiger partial charge in [-0.2, -0.15) is 0 Å². The molecule has 0 N–H and O–H groups in total. The lowest BCUT2D eigenvalue weighted by Gasteiger charge is -2.29. The Morgan fingerprint density at radius 3 is 2.48 bits per heavy atom. The van der Waals surface area contributed by atoms with Gasteiger partial charge in [-0.25, -0.2) is 0 Å². The van der Waals surface area contributed by atoms with Crippen molar-refractivity contribution in [1.29, 1.82) is 0 Å². The number of rotatable bonds is 6. The van der Waals surface area contributed by atoms with Crippen molar-refractivity contribution in [3.05, 3.63) is 12.2 Å². The van der Waals surface area contributed by atoms with Gasteiger partial charge in [-0.05, 0) is 38.7 Å². The van der Waals surface area contributed by atoms with Crippen molar-refractivity contribution in [2.24, 2.45) is 5.92 Å². The SMILES string of the molecule is CCCCC[C@H]1OC(=O)[C@H](C)[C@H](OC(C)=O)/C=C/CC[C@@H]1OC(C)=O. The van der Waals surface area contributed by atoms with Gasteiger partial charge < -0.3 is 14.2 Å². The molecule has 0 saturated carbocycles. The first-order valence-electron chi connectivity index (χ1n) is 9.06. The Morgan fingerprint density at radius 2 is 1.88 bits per heavy atom. The molecular weight excluding hydrogens is 324 g/mol. The van der Waals surface area contributed by atoms with E-state index in [1.807, 2.05) is 6.08 Å². The summed E-state index contributed by atoms with van der Waals surface area (Å²) < 4.78 is 16.3. The highest BCUT2D eigenvalue weighted by Crippen LogP contribution is 2.23. The lowest BCUT2D eigenvalue weighted by Crippen LogP contribution is -2.39. The molecule has 0 fully saturated rings. The predicted octanol–water partition coefficient (Wildman–Crippen LogP) is 3.33. The van der Waals surface area contributed by atoms with Gasteiger partial charge in [0.1, 0.15) is 18.3 Å². The summed E-state index contributed by atoms with van der Waals surface area (Å²) in [6.45, 7) is 6.44. The molecular formula is C19H30O6. The van der Waals surface area contributed by atoms with Crippen molar-refractivity contribution in [2.45, 2.75) is 84.5 Å². The van der Waals surface area contributed by atoms with E-state index in [1.165, 1.54) is 13.8 Å². The number of esters is 3. The second-order valence-corrected chi connectivity index (χ2v) is 6.49. The zero-order valence-corrected chi connectivity index (χ0v) is 15.7. The quantitative estimate of drug-likeness (QED) is 0.315. The lowest BCUT2D eigenvalue weighted by molar-refractivity contribution is -0.174. The van der Waals surface area contributed by atoms with Gasteiger partial charge in [0.15, 0.2) is 0 Å². The van der Waals surface area contributed by atoms with Crippen LogP contribution in [0.2, 0.25) is 0 Å². The molecule has 1 rings (SSSR count). The standard InChI is InChI=1S/C19H30O6/c1-5-6-7-11-18-17(24-15(4)21)12-9-8-10-16(23-14(3)20)13(2)19(22)25-18/h8,10,13,16-18H,5-7,9,11-12H2,1-4H3/b10-8+/t13-,16-,17+,18-/m1/s1. The monoisotopic (exact) mass is 354 g/mol. The number of ether oxygens (including phenoxy) is 3. The molecule has 6 heteroatoms. The van der Waals surface area contributed by atoms with Gasteiger partial charge in [0.05, 0.1) is 5.92 Å². The lowest BCUT2D eigenvalue weighted by atomic mass is 9.98. The number of cyclic esters (lactones) is 1. The highest BCUT2D eigenvalue weighted by molar-refractivity contribution is 5.74. The molecule has 0 aromatic heterocycles. The largest absolute Gasteiger partial charge is 0.459 e. The van der Waals surface area contributed by atoms with Gasteiger partial charge in [0.2, 0.25) is 0 Å². The fourth-order valence-corrected chi connectivity index (χ4v) is 2.83. The van der Waals surface area contributed by atoms with Crippen molar-refractivity contribution < 1.29 is 28.6 Å². The van der Waals surface area contributed by atoms with Gasteiger partial charge in [0, 0.05) is 13.8 Å². The van der Waals surface area contributed by atoms with Crippen LogP contribution in [0.25, 0.3) is 0 Å². The van der Waals surface area contributed by atoms with Crippen molar-refractivity contribution in [2.75, 3.05) is 0 Å². The maximum atomic E-state index is 12.5. The van der Waals surface area contributed by atoms with Crippen molar-refractivity contribution in [3.63, 3.8) is 0 Å². The van der Waals surface area contributed by atoms with Crippen LogP contribution in [0.5, 0.6) is 0 Å². The smallest absolute Gasteiger partial charge is 0.313 e. The molecule has 142 valence electrons. The number of allylic oxidation sites excluding steroid dienone is 1. The van der Waals surface area contributed by atoms with Crippen LogP contribution in [-0.2, 0) is 28.6 Å². The van der Waals surface area contributed by atoms with Crippen LogP contribution in [0, 0.1) is 5.92 Å². The summed E-state index contributed by atoms with van der Waals surface area (Å²) in [5.74, 6) is -1.89. The first-order valence-corrected chi connectivity index (χ1v) is 9.06. The second kappa shape index (κ2) is 10.9. The summed E-state index contributed by atoms with van der Waals surface area (Å²) in [5.41, 5.74) is 0. The summed E-state index contributed by atoms with van der Waals surface area (Å²) >= 11 is 0. The molecule has 0 amide bonds. The minimum Gasteiger partial charge on any atom is -0.459 e. The fraction of sp³-hybridized carbons (Fsp3) is 0.737. The Bertz CT molecular complexity index is 484. The van der Waals surface area contributed by atoms with E-state index in [-0.39, 0.29) is 5.97 Å². The van der Waals surface area contributed by atoms with Gasteiger partial charge >= 0.3 is 17.9 Å². The van der Waals surface area contributed by atoms with E-state index in [0.717, 1.165) is 19.3 Å². The maximum absolute atomic E-state index is 12.5. The van der Waals surface area contributed by atoms with Gasteiger partial charge in [0.25, 0.3) is 0 Å². The summed E-state index contributed by atoms with van der Waals surface area (Å²) in [4.78, 5) is 35.2. The minimum atomic E-state index is -0.647. The summed E-state index contributed by atoms with van der Waals surface area (Å²) in [5, 5.41) is 0. The topological polar surface area (TPSA) is 78.9 Å². The summed E-state index contributed by atoms with van der Waals surface area (Å²) in [7, 11) is 0. The Labute approximate surface area is 149 Å². The molecule has 0 aliphatic carbocycles. The molecule has 0 aromatic carbocycles. The predicted molar refractivity (Wildman–Crippen MR) is 92.7 cm³/mol. The van der Waals surface area contributed by atoms with Crippen molar-refractivity contribution in [3.8, 4) is 0 Å². The highest BCUT2D eigenvalue weighted by Gasteiger charge is 2.33. The number of carbonyl (C=O) groups is 3. The molecule has 0 unspecified atom stereocenters. The molecule has 0 spiro atoms. The average Bonchev–Trinajstić information content (AvgIpc) is 2.53. The zero-order chi connectivity index (χ0) is 18.8. The van der Waals surface area contributed by atoms with Crippen LogP contribution in [0.1, 0.15) is 66.2 Å².